The Balaban J connectivity index is 1.96. The molecule has 3 heterocycles. The van der Waals surface area contributed by atoms with Gasteiger partial charge in [0.05, 0.1) is 16.3 Å². The number of hydrogen-bond donors (Lipinski definition) is 0. The van der Waals surface area contributed by atoms with E-state index < -0.39 is 17.7 Å². The molecular weight excluding hydrogens is 354 g/mol. The van der Waals surface area contributed by atoms with Crippen molar-refractivity contribution >= 4 is 17.0 Å². The van der Waals surface area contributed by atoms with Gasteiger partial charge in [-0.25, -0.2) is 13.9 Å². The fourth-order valence-corrected chi connectivity index (χ4v) is 3.21. The lowest BCUT2D eigenvalue weighted by molar-refractivity contribution is -0.141. The minimum absolute atomic E-state index is 0.0811. The summed E-state index contributed by atoms with van der Waals surface area (Å²) < 4.78 is 54.0. The first kappa shape index (κ1) is 15.8. The summed E-state index contributed by atoms with van der Waals surface area (Å²) in [7, 11) is 0. The van der Waals surface area contributed by atoms with E-state index >= 15 is 0 Å². The van der Waals surface area contributed by atoms with E-state index in [9.17, 15) is 17.6 Å². The molecule has 8 heteroatoms. The Morgan fingerprint density at radius 2 is 1.76 bits per heavy atom. The molecule has 4 rings (SSSR count). The summed E-state index contributed by atoms with van der Waals surface area (Å²) in [5, 5.41) is 6.14. The van der Waals surface area contributed by atoms with Crippen molar-refractivity contribution in [2.75, 3.05) is 0 Å². The van der Waals surface area contributed by atoms with E-state index in [4.69, 9.17) is 0 Å². The van der Waals surface area contributed by atoms with Gasteiger partial charge < -0.3 is 0 Å². The summed E-state index contributed by atoms with van der Waals surface area (Å²) in [6, 6.07) is 11.5. The third-order valence-electron chi connectivity index (χ3n) is 3.63. The van der Waals surface area contributed by atoms with Crippen molar-refractivity contribution in [3.05, 3.63) is 65.4 Å². The fourth-order valence-electron chi connectivity index (χ4n) is 2.48. The minimum Gasteiger partial charge on any atom is -0.224 e. The number of benzene rings is 1. The maximum absolute atomic E-state index is 13.2. The zero-order valence-electron chi connectivity index (χ0n) is 12.5. The molecule has 0 aliphatic heterocycles. The Morgan fingerprint density at radius 3 is 2.40 bits per heavy atom. The first-order valence-electron chi connectivity index (χ1n) is 7.20. The van der Waals surface area contributed by atoms with Crippen LogP contribution in [0.4, 0.5) is 17.6 Å². The Kier molecular flexibility index (Phi) is 3.57. The van der Waals surface area contributed by atoms with E-state index in [0.29, 0.717) is 21.8 Å². The average Bonchev–Trinajstić information content (AvgIpc) is 3.23. The number of aromatic nitrogens is 3. The highest BCUT2D eigenvalue weighted by Gasteiger charge is 2.34. The van der Waals surface area contributed by atoms with Gasteiger partial charge in [0, 0.05) is 11.6 Å². The van der Waals surface area contributed by atoms with Crippen LogP contribution in [0.2, 0.25) is 0 Å². The third kappa shape index (κ3) is 2.89. The smallest absolute Gasteiger partial charge is 0.224 e. The molecular formula is C17H9F4N3S. The minimum atomic E-state index is -4.56. The van der Waals surface area contributed by atoms with E-state index in [1.807, 2.05) is 0 Å². The average molecular weight is 363 g/mol. The molecule has 0 aliphatic carbocycles. The van der Waals surface area contributed by atoms with Gasteiger partial charge in [-0.2, -0.15) is 18.3 Å². The van der Waals surface area contributed by atoms with Gasteiger partial charge in [0.1, 0.15) is 11.5 Å². The second kappa shape index (κ2) is 5.66. The standard InChI is InChI=1S/C17H9F4N3S/c18-11-5-3-10(4-6-11)12-8-16-22-15(17(19,20)21)9-13(24(16)23-12)14-2-1-7-25-14/h1-9H. The summed E-state index contributed by atoms with van der Waals surface area (Å²) in [6.07, 6.45) is -4.56. The van der Waals surface area contributed by atoms with E-state index in [2.05, 4.69) is 10.1 Å². The number of alkyl halides is 3. The van der Waals surface area contributed by atoms with E-state index in [1.54, 1.807) is 17.5 Å². The highest BCUT2D eigenvalue weighted by molar-refractivity contribution is 7.13. The van der Waals surface area contributed by atoms with Crippen LogP contribution < -0.4 is 0 Å². The summed E-state index contributed by atoms with van der Waals surface area (Å²) in [4.78, 5) is 4.33. The molecule has 0 spiro atoms. The monoisotopic (exact) mass is 363 g/mol. The van der Waals surface area contributed by atoms with Crippen LogP contribution in [0, 0.1) is 5.82 Å². The molecule has 0 unspecified atom stereocenters. The summed E-state index contributed by atoms with van der Waals surface area (Å²) in [6.45, 7) is 0. The molecule has 0 saturated carbocycles. The molecule has 3 aromatic heterocycles. The lowest BCUT2D eigenvalue weighted by Gasteiger charge is -2.09. The van der Waals surface area contributed by atoms with Crippen LogP contribution in [0.5, 0.6) is 0 Å². The highest BCUT2D eigenvalue weighted by atomic mass is 32.1. The van der Waals surface area contributed by atoms with Crippen molar-refractivity contribution in [1.29, 1.82) is 0 Å². The van der Waals surface area contributed by atoms with Crippen molar-refractivity contribution in [1.82, 2.24) is 14.6 Å². The highest BCUT2D eigenvalue weighted by Crippen LogP contribution is 2.34. The van der Waals surface area contributed by atoms with Crippen molar-refractivity contribution in [3.8, 4) is 21.8 Å². The molecule has 0 saturated heterocycles. The first-order valence-corrected chi connectivity index (χ1v) is 8.07. The van der Waals surface area contributed by atoms with E-state index in [-0.39, 0.29) is 5.65 Å². The van der Waals surface area contributed by atoms with Crippen LogP contribution in [0.15, 0.2) is 53.9 Å². The van der Waals surface area contributed by atoms with Gasteiger partial charge in [0.15, 0.2) is 5.65 Å². The van der Waals surface area contributed by atoms with E-state index in [1.165, 1.54) is 46.2 Å². The van der Waals surface area contributed by atoms with Crippen molar-refractivity contribution in [2.45, 2.75) is 6.18 Å². The van der Waals surface area contributed by atoms with Crippen LogP contribution in [0.1, 0.15) is 5.69 Å². The van der Waals surface area contributed by atoms with Gasteiger partial charge in [-0.15, -0.1) is 11.3 Å². The molecule has 1 aromatic carbocycles. The molecule has 0 bridgehead atoms. The summed E-state index contributed by atoms with van der Waals surface area (Å²) in [5.41, 5.74) is 0.425. The molecule has 0 atom stereocenters. The van der Waals surface area contributed by atoms with Crippen LogP contribution in [0.25, 0.3) is 27.5 Å². The Bertz CT molecular complexity index is 1030. The van der Waals surface area contributed by atoms with Crippen LogP contribution >= 0.6 is 11.3 Å². The van der Waals surface area contributed by atoms with Gasteiger partial charge in [-0.3, -0.25) is 0 Å². The second-order valence-electron chi connectivity index (χ2n) is 5.31. The first-order chi connectivity index (χ1) is 11.9. The molecule has 0 aliphatic rings. The molecule has 3 nitrogen and oxygen atoms in total. The predicted molar refractivity (Wildman–Crippen MR) is 86.7 cm³/mol. The second-order valence-corrected chi connectivity index (χ2v) is 6.26. The van der Waals surface area contributed by atoms with Crippen molar-refractivity contribution in [2.24, 2.45) is 0 Å². The number of thiophene rings is 1. The van der Waals surface area contributed by atoms with Crippen LogP contribution in [-0.2, 0) is 6.18 Å². The Hall–Kier alpha value is -2.74. The van der Waals surface area contributed by atoms with E-state index in [0.717, 1.165) is 6.07 Å². The van der Waals surface area contributed by atoms with Crippen molar-refractivity contribution in [3.63, 3.8) is 0 Å². The molecule has 4 aromatic rings. The van der Waals surface area contributed by atoms with Gasteiger partial charge in [0.25, 0.3) is 0 Å². The zero-order valence-corrected chi connectivity index (χ0v) is 13.3. The van der Waals surface area contributed by atoms with Crippen LogP contribution in [-0.4, -0.2) is 14.6 Å². The third-order valence-corrected chi connectivity index (χ3v) is 4.52. The van der Waals surface area contributed by atoms with Gasteiger partial charge >= 0.3 is 6.18 Å². The van der Waals surface area contributed by atoms with Gasteiger partial charge in [0.2, 0.25) is 0 Å². The van der Waals surface area contributed by atoms with Gasteiger partial charge in [-0.05, 0) is 41.8 Å². The topological polar surface area (TPSA) is 30.2 Å². The van der Waals surface area contributed by atoms with Crippen molar-refractivity contribution < 1.29 is 17.6 Å². The SMILES string of the molecule is Fc1ccc(-c2cc3nc(C(F)(F)F)cc(-c4cccs4)n3n2)cc1. The predicted octanol–water partition coefficient (Wildman–Crippen LogP) is 5.28. The molecule has 0 radical (unpaired) electrons. The number of rotatable bonds is 2. The molecule has 0 N–H and O–H groups in total. The maximum atomic E-state index is 13.2. The number of nitrogens with zero attached hydrogens (tertiary/aromatic N) is 3. The number of fused-ring (bicyclic) bond motifs is 1. The maximum Gasteiger partial charge on any atom is 0.433 e. The fraction of sp³-hybridized carbons (Fsp3) is 0.0588. The Labute approximate surface area is 143 Å². The lowest BCUT2D eigenvalue weighted by Crippen LogP contribution is -2.10. The normalized spacial score (nSPS) is 12.0. The summed E-state index contributed by atoms with van der Waals surface area (Å²) in [5.74, 6) is -0.399. The zero-order chi connectivity index (χ0) is 17.6. The number of halogens is 4. The van der Waals surface area contributed by atoms with Crippen LogP contribution in [0.3, 0.4) is 0 Å². The summed E-state index contributed by atoms with van der Waals surface area (Å²) >= 11 is 1.31. The molecule has 25 heavy (non-hydrogen) atoms. The molecule has 0 fully saturated rings. The lowest BCUT2D eigenvalue weighted by atomic mass is 10.1. The Morgan fingerprint density at radius 1 is 1.00 bits per heavy atom. The number of hydrogen-bond acceptors (Lipinski definition) is 3. The quantitative estimate of drug-likeness (QED) is 0.454. The van der Waals surface area contributed by atoms with Gasteiger partial charge in [-0.1, -0.05) is 6.07 Å². The molecule has 0 amide bonds. The molecule has 126 valence electrons. The largest absolute Gasteiger partial charge is 0.433 e.